The molecule has 18 heavy (non-hydrogen) atoms. The predicted octanol–water partition coefficient (Wildman–Crippen LogP) is 1.83. The maximum absolute atomic E-state index is 11.8. The van der Waals surface area contributed by atoms with Crippen LogP contribution >= 0.6 is 0 Å². The molecule has 0 radical (unpaired) electrons. The highest BCUT2D eigenvalue weighted by atomic mass is 16.6. The molecule has 0 aromatic heterocycles. The van der Waals surface area contributed by atoms with Gasteiger partial charge in [0.15, 0.2) is 0 Å². The van der Waals surface area contributed by atoms with Crippen LogP contribution in [0, 0.1) is 23.0 Å². The summed E-state index contributed by atoms with van der Waals surface area (Å²) in [5.41, 5.74) is 6.34. The fraction of sp³-hybridized carbons (Fsp3) is 0.417. The number of aryl methyl sites for hydroxylation is 1. The van der Waals surface area contributed by atoms with Gasteiger partial charge < -0.3 is 11.1 Å². The molecule has 3 N–H and O–H groups in total. The molecule has 1 unspecified atom stereocenters. The summed E-state index contributed by atoms with van der Waals surface area (Å²) in [5.74, 6) is -0.613. The summed E-state index contributed by atoms with van der Waals surface area (Å²) >= 11 is 0. The third-order valence-corrected chi connectivity index (χ3v) is 2.76. The van der Waals surface area contributed by atoms with Crippen LogP contribution in [0.1, 0.15) is 18.9 Å². The molecule has 6 nitrogen and oxygen atoms in total. The predicted molar refractivity (Wildman–Crippen MR) is 69.3 cm³/mol. The molecule has 98 valence electrons. The monoisotopic (exact) mass is 251 g/mol. The van der Waals surface area contributed by atoms with Gasteiger partial charge in [-0.05, 0) is 25.0 Å². The molecule has 0 saturated heterocycles. The first-order chi connectivity index (χ1) is 8.49. The van der Waals surface area contributed by atoms with Gasteiger partial charge in [-0.25, -0.2) is 0 Å². The molecule has 0 spiro atoms. The van der Waals surface area contributed by atoms with Crippen LogP contribution in [0.25, 0.3) is 0 Å². The molecule has 0 saturated carbocycles. The van der Waals surface area contributed by atoms with Crippen LogP contribution in [0.5, 0.6) is 0 Å². The zero-order chi connectivity index (χ0) is 13.7. The van der Waals surface area contributed by atoms with E-state index in [1.54, 1.807) is 13.0 Å². The first-order valence-corrected chi connectivity index (χ1v) is 5.75. The highest BCUT2D eigenvalue weighted by molar-refractivity contribution is 5.94. The molecule has 0 bridgehead atoms. The largest absolute Gasteiger partial charge is 0.330 e. The Kier molecular flexibility index (Phi) is 4.79. The van der Waals surface area contributed by atoms with Crippen molar-refractivity contribution in [3.8, 4) is 0 Å². The Labute approximate surface area is 105 Å². The van der Waals surface area contributed by atoms with E-state index in [1.807, 2.05) is 6.92 Å². The molecule has 1 aromatic rings. The number of nitro benzene ring substituents is 1. The molecule has 1 rings (SSSR count). The Morgan fingerprint density at radius 1 is 1.56 bits per heavy atom. The fourth-order valence-electron chi connectivity index (χ4n) is 1.59. The zero-order valence-electron chi connectivity index (χ0n) is 10.5. The highest BCUT2D eigenvalue weighted by Crippen LogP contribution is 2.25. The Morgan fingerprint density at radius 3 is 2.72 bits per heavy atom. The number of carbonyl (C=O) groups is 1. The number of benzene rings is 1. The van der Waals surface area contributed by atoms with Gasteiger partial charge in [-0.2, -0.15) is 0 Å². The standard InChI is InChI=1S/C12H17N3O3/c1-3-9(7-13)12(16)14-10-5-4-8(2)6-11(10)15(17)18/h4-6,9H,3,7,13H2,1-2H3,(H,14,16). The minimum absolute atomic E-state index is 0.102. The second kappa shape index (κ2) is 6.11. The van der Waals surface area contributed by atoms with E-state index in [0.29, 0.717) is 6.42 Å². The number of nitrogens with zero attached hydrogens (tertiary/aromatic N) is 1. The third-order valence-electron chi connectivity index (χ3n) is 2.76. The first kappa shape index (κ1) is 14.1. The van der Waals surface area contributed by atoms with E-state index in [4.69, 9.17) is 5.73 Å². The SMILES string of the molecule is CCC(CN)C(=O)Nc1ccc(C)cc1[N+](=O)[O-]. The summed E-state index contributed by atoms with van der Waals surface area (Å²) in [6.45, 7) is 3.83. The number of rotatable bonds is 5. The lowest BCUT2D eigenvalue weighted by Crippen LogP contribution is -2.28. The summed E-state index contributed by atoms with van der Waals surface area (Å²) in [7, 11) is 0. The Bertz CT molecular complexity index is 456. The second-order valence-electron chi connectivity index (χ2n) is 4.11. The molecule has 0 aliphatic carbocycles. The van der Waals surface area contributed by atoms with E-state index < -0.39 is 4.92 Å². The maximum atomic E-state index is 11.8. The normalized spacial score (nSPS) is 11.9. The average molecular weight is 251 g/mol. The van der Waals surface area contributed by atoms with Crippen molar-refractivity contribution in [3.63, 3.8) is 0 Å². The number of nitrogens with two attached hydrogens (primary N) is 1. The lowest BCUT2D eigenvalue weighted by Gasteiger charge is -2.12. The van der Waals surface area contributed by atoms with Crippen molar-refractivity contribution in [1.82, 2.24) is 0 Å². The van der Waals surface area contributed by atoms with Gasteiger partial charge in [-0.1, -0.05) is 13.0 Å². The van der Waals surface area contributed by atoms with E-state index in [2.05, 4.69) is 5.32 Å². The van der Waals surface area contributed by atoms with Crippen LogP contribution in [0.4, 0.5) is 11.4 Å². The van der Waals surface area contributed by atoms with Gasteiger partial charge in [-0.3, -0.25) is 14.9 Å². The molecule has 0 aliphatic heterocycles. The van der Waals surface area contributed by atoms with Crippen molar-refractivity contribution < 1.29 is 9.72 Å². The number of amides is 1. The molecular weight excluding hydrogens is 234 g/mol. The summed E-state index contributed by atoms with van der Waals surface area (Å²) in [6.07, 6.45) is 0.599. The molecule has 0 aliphatic rings. The van der Waals surface area contributed by atoms with Crippen LogP contribution in [-0.4, -0.2) is 17.4 Å². The van der Waals surface area contributed by atoms with Crippen LogP contribution < -0.4 is 11.1 Å². The highest BCUT2D eigenvalue weighted by Gasteiger charge is 2.19. The molecule has 1 amide bonds. The van der Waals surface area contributed by atoms with Crippen molar-refractivity contribution in [2.45, 2.75) is 20.3 Å². The van der Waals surface area contributed by atoms with E-state index in [-0.39, 0.29) is 29.7 Å². The number of nitro groups is 1. The minimum atomic E-state index is -0.508. The fourth-order valence-corrected chi connectivity index (χ4v) is 1.59. The molecule has 0 heterocycles. The van der Waals surface area contributed by atoms with Crippen molar-refractivity contribution in [2.24, 2.45) is 11.7 Å². The molecule has 1 aromatic carbocycles. The zero-order valence-corrected chi connectivity index (χ0v) is 10.5. The minimum Gasteiger partial charge on any atom is -0.330 e. The summed E-state index contributed by atoms with van der Waals surface area (Å²) < 4.78 is 0. The van der Waals surface area contributed by atoms with Gasteiger partial charge in [0.05, 0.1) is 10.8 Å². The van der Waals surface area contributed by atoms with Crippen molar-refractivity contribution in [1.29, 1.82) is 0 Å². The molecular formula is C12H17N3O3. The summed E-state index contributed by atoms with van der Waals surface area (Å²) in [4.78, 5) is 22.2. The smallest absolute Gasteiger partial charge is 0.293 e. The average Bonchev–Trinajstić information content (AvgIpc) is 2.32. The van der Waals surface area contributed by atoms with Gasteiger partial charge in [-0.15, -0.1) is 0 Å². The van der Waals surface area contributed by atoms with Crippen LogP contribution in [-0.2, 0) is 4.79 Å². The Hall–Kier alpha value is -1.95. The van der Waals surface area contributed by atoms with E-state index in [0.717, 1.165) is 5.56 Å². The number of carbonyl (C=O) groups excluding carboxylic acids is 1. The van der Waals surface area contributed by atoms with Gasteiger partial charge in [0.25, 0.3) is 5.69 Å². The summed E-state index contributed by atoms with van der Waals surface area (Å²) in [6, 6.07) is 4.68. The maximum Gasteiger partial charge on any atom is 0.293 e. The van der Waals surface area contributed by atoms with Gasteiger partial charge >= 0.3 is 0 Å². The van der Waals surface area contributed by atoms with Gasteiger partial charge in [0.1, 0.15) is 5.69 Å². The quantitative estimate of drug-likeness (QED) is 0.616. The van der Waals surface area contributed by atoms with Crippen LogP contribution in [0.3, 0.4) is 0 Å². The van der Waals surface area contributed by atoms with Crippen molar-refractivity contribution in [3.05, 3.63) is 33.9 Å². The number of hydrogen-bond donors (Lipinski definition) is 2. The van der Waals surface area contributed by atoms with Gasteiger partial charge in [0, 0.05) is 12.6 Å². The summed E-state index contributed by atoms with van der Waals surface area (Å²) in [5, 5.41) is 13.5. The van der Waals surface area contributed by atoms with Crippen molar-refractivity contribution in [2.75, 3.05) is 11.9 Å². The number of anilines is 1. The lowest BCUT2D eigenvalue weighted by molar-refractivity contribution is -0.384. The Morgan fingerprint density at radius 2 is 2.22 bits per heavy atom. The van der Waals surface area contributed by atoms with Crippen LogP contribution in [0.2, 0.25) is 0 Å². The Balaban J connectivity index is 2.97. The van der Waals surface area contributed by atoms with Gasteiger partial charge in [0.2, 0.25) is 5.91 Å². The second-order valence-corrected chi connectivity index (χ2v) is 4.11. The van der Waals surface area contributed by atoms with E-state index >= 15 is 0 Å². The van der Waals surface area contributed by atoms with Crippen molar-refractivity contribution >= 4 is 17.3 Å². The first-order valence-electron chi connectivity index (χ1n) is 5.75. The number of hydrogen-bond acceptors (Lipinski definition) is 4. The number of nitrogens with one attached hydrogen (secondary N) is 1. The lowest BCUT2D eigenvalue weighted by atomic mass is 10.1. The molecule has 0 fully saturated rings. The van der Waals surface area contributed by atoms with E-state index in [9.17, 15) is 14.9 Å². The van der Waals surface area contributed by atoms with E-state index in [1.165, 1.54) is 12.1 Å². The van der Waals surface area contributed by atoms with Crippen LogP contribution in [0.15, 0.2) is 18.2 Å². The third kappa shape index (κ3) is 3.27. The topological polar surface area (TPSA) is 98.3 Å². The molecule has 1 atom stereocenters. The molecule has 6 heteroatoms.